The molecule has 8 nitrogen and oxygen atoms in total. The first-order chi connectivity index (χ1) is 19.6. The van der Waals surface area contributed by atoms with E-state index in [0.717, 1.165) is 40.9 Å². The average Bonchev–Trinajstić information content (AvgIpc) is 3.23. The maximum Gasteiger partial charge on any atom is 0.511 e. The van der Waals surface area contributed by atoms with Gasteiger partial charge in [-0.1, -0.05) is 75.4 Å². The molecule has 3 aromatic carbocycles. The van der Waals surface area contributed by atoms with Gasteiger partial charge in [-0.2, -0.15) is 5.10 Å². The SMILES string of the molecule is CCOc1cc(-c2cccc(CCCc3nn(Cc4ccc(C(C)(C)C)cc4)c(=O)n3CC)c2)ccc1OC(=O)O. The van der Waals surface area contributed by atoms with E-state index in [4.69, 9.17) is 19.7 Å². The van der Waals surface area contributed by atoms with Crippen molar-refractivity contribution in [1.29, 1.82) is 0 Å². The van der Waals surface area contributed by atoms with Gasteiger partial charge >= 0.3 is 11.8 Å². The van der Waals surface area contributed by atoms with E-state index >= 15 is 0 Å². The van der Waals surface area contributed by atoms with Gasteiger partial charge in [-0.15, -0.1) is 0 Å². The van der Waals surface area contributed by atoms with Gasteiger partial charge < -0.3 is 14.6 Å². The van der Waals surface area contributed by atoms with E-state index in [9.17, 15) is 9.59 Å². The number of rotatable bonds is 11. The van der Waals surface area contributed by atoms with Gasteiger partial charge in [0.05, 0.1) is 13.2 Å². The summed E-state index contributed by atoms with van der Waals surface area (Å²) in [6.07, 6.45) is 0.981. The second-order valence-corrected chi connectivity index (χ2v) is 11.1. The molecular formula is C33H39N3O5. The summed E-state index contributed by atoms with van der Waals surface area (Å²) in [4.78, 5) is 24.1. The third kappa shape index (κ3) is 7.45. The number of hydrogen-bond donors (Lipinski definition) is 1. The van der Waals surface area contributed by atoms with Crippen LogP contribution >= 0.6 is 0 Å². The van der Waals surface area contributed by atoms with Gasteiger partial charge in [0, 0.05) is 13.0 Å². The first kappa shape index (κ1) is 29.6. The van der Waals surface area contributed by atoms with E-state index in [0.29, 0.717) is 31.9 Å². The van der Waals surface area contributed by atoms with E-state index in [2.05, 4.69) is 57.2 Å². The van der Waals surface area contributed by atoms with Crippen LogP contribution in [0.25, 0.3) is 11.1 Å². The van der Waals surface area contributed by atoms with Crippen molar-refractivity contribution < 1.29 is 19.4 Å². The second kappa shape index (κ2) is 12.9. The fourth-order valence-corrected chi connectivity index (χ4v) is 4.87. The fraction of sp³-hybridized carbons (Fsp3) is 0.364. The molecule has 0 unspecified atom stereocenters. The molecule has 0 fully saturated rings. The molecule has 1 N–H and O–H groups in total. The Bertz CT molecular complexity index is 1540. The molecule has 0 atom stereocenters. The van der Waals surface area contributed by atoms with Gasteiger partial charge in [-0.25, -0.2) is 14.3 Å². The Morgan fingerprint density at radius 1 is 0.902 bits per heavy atom. The number of carbonyl (C=O) groups is 1. The highest BCUT2D eigenvalue weighted by atomic mass is 16.7. The number of hydrogen-bond acceptors (Lipinski definition) is 5. The zero-order valence-electron chi connectivity index (χ0n) is 24.5. The van der Waals surface area contributed by atoms with Crippen LogP contribution in [0.3, 0.4) is 0 Å². The molecule has 0 spiro atoms. The summed E-state index contributed by atoms with van der Waals surface area (Å²) in [5, 5.41) is 13.7. The Morgan fingerprint density at radius 3 is 2.29 bits per heavy atom. The molecule has 1 heterocycles. The zero-order valence-corrected chi connectivity index (χ0v) is 24.5. The third-order valence-electron chi connectivity index (χ3n) is 7.03. The topological polar surface area (TPSA) is 95.6 Å². The molecule has 0 radical (unpaired) electrons. The Labute approximate surface area is 241 Å². The highest BCUT2D eigenvalue weighted by Gasteiger charge is 2.16. The highest BCUT2D eigenvalue weighted by Crippen LogP contribution is 2.33. The molecule has 0 amide bonds. The standard InChI is InChI=1S/C33H39N3O5/c1-6-35-30(34-36(31(35)37)22-24-14-17-27(18-15-24)33(3,4)5)13-9-11-23-10-8-12-25(20-23)26-16-19-28(41-32(38)39)29(21-26)40-7-2/h8,10,12,14-21H,6-7,9,11,13,22H2,1-5H3,(H,38,39). The molecule has 0 aliphatic carbocycles. The lowest BCUT2D eigenvalue weighted by Gasteiger charge is -2.19. The number of carboxylic acid groups (broad SMARTS) is 1. The molecule has 216 valence electrons. The average molecular weight is 558 g/mol. The van der Waals surface area contributed by atoms with Crippen molar-refractivity contribution in [2.75, 3.05) is 6.61 Å². The predicted molar refractivity (Wildman–Crippen MR) is 160 cm³/mol. The number of nitrogens with zero attached hydrogens (tertiary/aromatic N) is 3. The molecule has 41 heavy (non-hydrogen) atoms. The molecule has 1 aromatic heterocycles. The third-order valence-corrected chi connectivity index (χ3v) is 7.03. The first-order valence-electron chi connectivity index (χ1n) is 14.1. The molecular weight excluding hydrogens is 518 g/mol. The summed E-state index contributed by atoms with van der Waals surface area (Å²) >= 11 is 0. The zero-order chi connectivity index (χ0) is 29.6. The lowest BCUT2D eigenvalue weighted by Crippen LogP contribution is -2.25. The van der Waals surface area contributed by atoms with Gasteiger partial charge in [-0.3, -0.25) is 4.57 Å². The summed E-state index contributed by atoms with van der Waals surface area (Å²) in [5.41, 5.74) is 5.38. The van der Waals surface area contributed by atoms with Crippen LogP contribution in [0.4, 0.5) is 4.79 Å². The van der Waals surface area contributed by atoms with Gasteiger partial charge in [0.1, 0.15) is 5.82 Å². The monoisotopic (exact) mass is 557 g/mol. The van der Waals surface area contributed by atoms with Crippen LogP contribution in [0, 0.1) is 0 Å². The number of benzene rings is 3. The fourth-order valence-electron chi connectivity index (χ4n) is 4.87. The first-order valence-corrected chi connectivity index (χ1v) is 14.1. The minimum Gasteiger partial charge on any atom is -0.490 e. The molecule has 0 aliphatic rings. The van der Waals surface area contributed by atoms with E-state index in [-0.39, 0.29) is 16.9 Å². The van der Waals surface area contributed by atoms with Crippen LogP contribution in [0.2, 0.25) is 0 Å². The Morgan fingerprint density at radius 2 is 1.63 bits per heavy atom. The normalized spacial score (nSPS) is 11.4. The van der Waals surface area contributed by atoms with Crippen molar-refractivity contribution >= 4 is 6.16 Å². The summed E-state index contributed by atoms with van der Waals surface area (Å²) in [6.45, 7) is 11.8. The number of aromatic nitrogens is 3. The van der Waals surface area contributed by atoms with Crippen LogP contribution < -0.4 is 15.2 Å². The van der Waals surface area contributed by atoms with Crippen molar-refractivity contribution in [3.63, 3.8) is 0 Å². The van der Waals surface area contributed by atoms with Crippen molar-refractivity contribution in [2.45, 2.75) is 72.4 Å². The van der Waals surface area contributed by atoms with E-state index < -0.39 is 6.16 Å². The maximum absolute atomic E-state index is 13.1. The number of aryl methyl sites for hydroxylation is 2. The lowest BCUT2D eigenvalue weighted by atomic mass is 9.87. The molecule has 0 bridgehead atoms. The smallest absolute Gasteiger partial charge is 0.490 e. The highest BCUT2D eigenvalue weighted by molar-refractivity contribution is 5.70. The van der Waals surface area contributed by atoms with Crippen LogP contribution in [0.15, 0.2) is 71.5 Å². The molecule has 0 saturated carbocycles. The van der Waals surface area contributed by atoms with Crippen molar-refractivity contribution in [3.05, 3.63) is 99.7 Å². The largest absolute Gasteiger partial charge is 0.511 e. The van der Waals surface area contributed by atoms with Gasteiger partial charge in [0.2, 0.25) is 0 Å². The van der Waals surface area contributed by atoms with Crippen LogP contribution in [-0.2, 0) is 31.3 Å². The summed E-state index contributed by atoms with van der Waals surface area (Å²) in [7, 11) is 0. The van der Waals surface area contributed by atoms with E-state index in [1.807, 2.05) is 32.0 Å². The van der Waals surface area contributed by atoms with Crippen molar-refractivity contribution in [2.24, 2.45) is 0 Å². The minimum absolute atomic E-state index is 0.0789. The van der Waals surface area contributed by atoms with Gasteiger partial charge in [0.25, 0.3) is 0 Å². The van der Waals surface area contributed by atoms with Crippen LogP contribution in [0.1, 0.15) is 63.6 Å². The number of ether oxygens (including phenoxy) is 2. The Kier molecular flexibility index (Phi) is 9.32. The second-order valence-electron chi connectivity index (χ2n) is 11.1. The maximum atomic E-state index is 13.1. The summed E-state index contributed by atoms with van der Waals surface area (Å²) < 4.78 is 13.8. The van der Waals surface area contributed by atoms with Crippen molar-refractivity contribution in [3.8, 4) is 22.6 Å². The van der Waals surface area contributed by atoms with E-state index in [1.165, 1.54) is 5.56 Å². The van der Waals surface area contributed by atoms with E-state index in [1.54, 1.807) is 21.4 Å². The molecule has 8 heteroatoms. The Balaban J connectivity index is 1.44. The van der Waals surface area contributed by atoms with Crippen LogP contribution in [0.5, 0.6) is 11.5 Å². The van der Waals surface area contributed by atoms with Gasteiger partial charge in [-0.05, 0) is 72.1 Å². The molecule has 0 aliphatic heterocycles. The molecule has 0 saturated heterocycles. The Hall–Kier alpha value is -4.33. The van der Waals surface area contributed by atoms with Gasteiger partial charge in [0.15, 0.2) is 11.5 Å². The van der Waals surface area contributed by atoms with Crippen LogP contribution in [-0.4, -0.2) is 32.2 Å². The molecule has 4 rings (SSSR count). The lowest BCUT2D eigenvalue weighted by molar-refractivity contribution is 0.142. The van der Waals surface area contributed by atoms with Crippen molar-refractivity contribution in [1.82, 2.24) is 14.3 Å². The summed E-state index contributed by atoms with van der Waals surface area (Å²) in [6, 6.07) is 21.9. The quantitative estimate of drug-likeness (QED) is 0.163. The molecule has 4 aromatic rings. The summed E-state index contributed by atoms with van der Waals surface area (Å²) in [5.74, 6) is 1.36. The predicted octanol–water partition coefficient (Wildman–Crippen LogP) is 6.71. The minimum atomic E-state index is -1.38.